The van der Waals surface area contributed by atoms with Crippen molar-refractivity contribution >= 4 is 35.1 Å². The first kappa shape index (κ1) is 18.0. The van der Waals surface area contributed by atoms with E-state index in [-0.39, 0.29) is 16.0 Å². The zero-order valence-electron chi connectivity index (χ0n) is 13.8. The van der Waals surface area contributed by atoms with Crippen molar-refractivity contribution in [2.24, 2.45) is 0 Å². The van der Waals surface area contributed by atoms with E-state index < -0.39 is 5.97 Å². The summed E-state index contributed by atoms with van der Waals surface area (Å²) in [4.78, 5) is 12.4. The number of thiophene rings is 1. The van der Waals surface area contributed by atoms with E-state index in [1.807, 2.05) is 17.5 Å². The number of nitrogens with zero attached hydrogens (tertiary/aromatic N) is 2. The second-order valence-corrected chi connectivity index (χ2v) is 6.88. The van der Waals surface area contributed by atoms with E-state index in [2.05, 4.69) is 10.2 Å². The Morgan fingerprint density at radius 2 is 1.96 bits per heavy atom. The average Bonchev–Trinajstić information content (AvgIpc) is 3.32. The van der Waals surface area contributed by atoms with Gasteiger partial charge in [-0.2, -0.15) is 0 Å². The number of carbonyl (C=O) groups is 1. The van der Waals surface area contributed by atoms with E-state index >= 15 is 0 Å². The van der Waals surface area contributed by atoms with Gasteiger partial charge in [0.1, 0.15) is 16.4 Å². The van der Waals surface area contributed by atoms with Gasteiger partial charge in [-0.15, -0.1) is 21.5 Å². The molecule has 2 aromatic heterocycles. The lowest BCUT2D eigenvalue weighted by atomic mass is 10.2. The molecular formula is C17H14N2O5S2. The van der Waals surface area contributed by atoms with Crippen LogP contribution in [0.5, 0.6) is 11.5 Å². The molecule has 0 unspecified atom stereocenters. The molecule has 1 N–H and O–H groups in total. The largest absolute Gasteiger partial charge is 0.497 e. The van der Waals surface area contributed by atoms with Crippen molar-refractivity contribution in [1.82, 2.24) is 10.2 Å². The fourth-order valence-corrected chi connectivity index (χ4v) is 3.43. The molecule has 0 fully saturated rings. The second-order valence-electron chi connectivity index (χ2n) is 4.91. The SMILES string of the molecule is COc1cc(OC)cc(-c2nnc(S/C(=C\c3cccs3)C(=O)O)o2)c1. The Hall–Kier alpha value is -2.78. The Morgan fingerprint density at radius 3 is 2.54 bits per heavy atom. The van der Waals surface area contributed by atoms with Gasteiger partial charge in [0.05, 0.1) is 14.2 Å². The van der Waals surface area contributed by atoms with E-state index in [4.69, 9.17) is 13.9 Å². The van der Waals surface area contributed by atoms with Gasteiger partial charge in [-0.3, -0.25) is 0 Å². The lowest BCUT2D eigenvalue weighted by Gasteiger charge is -2.05. The molecule has 26 heavy (non-hydrogen) atoms. The molecule has 0 radical (unpaired) electrons. The summed E-state index contributed by atoms with van der Waals surface area (Å²) in [6.45, 7) is 0. The molecular weight excluding hydrogens is 376 g/mol. The van der Waals surface area contributed by atoms with Crippen molar-refractivity contribution in [3.8, 4) is 23.0 Å². The molecule has 0 atom stereocenters. The van der Waals surface area contributed by atoms with Gasteiger partial charge in [0.2, 0.25) is 5.89 Å². The number of carboxylic acid groups (broad SMARTS) is 1. The van der Waals surface area contributed by atoms with Crippen LogP contribution in [0.1, 0.15) is 4.88 Å². The van der Waals surface area contributed by atoms with Gasteiger partial charge in [-0.05, 0) is 41.4 Å². The summed E-state index contributed by atoms with van der Waals surface area (Å²) >= 11 is 2.34. The van der Waals surface area contributed by atoms with Crippen molar-refractivity contribution in [1.29, 1.82) is 0 Å². The van der Waals surface area contributed by atoms with E-state index in [0.717, 1.165) is 16.6 Å². The molecule has 0 saturated heterocycles. The topological polar surface area (TPSA) is 94.7 Å². The van der Waals surface area contributed by atoms with E-state index in [1.54, 1.807) is 38.5 Å². The molecule has 1 aromatic carbocycles. The van der Waals surface area contributed by atoms with E-state index in [1.165, 1.54) is 11.3 Å². The monoisotopic (exact) mass is 390 g/mol. The van der Waals surface area contributed by atoms with Crippen molar-refractivity contribution in [2.75, 3.05) is 14.2 Å². The molecule has 0 amide bonds. The summed E-state index contributed by atoms with van der Waals surface area (Å²) in [5.41, 5.74) is 0.611. The van der Waals surface area contributed by atoms with E-state index in [9.17, 15) is 9.90 Å². The lowest BCUT2D eigenvalue weighted by molar-refractivity contribution is -0.131. The van der Waals surface area contributed by atoms with Crippen LogP contribution in [0.2, 0.25) is 0 Å². The average molecular weight is 390 g/mol. The standard InChI is InChI=1S/C17H14N2O5S2/c1-22-11-6-10(7-12(8-11)23-2)15-18-19-17(24-15)26-14(16(20)21)9-13-4-3-5-25-13/h3-9H,1-2H3,(H,20,21)/b14-9-. The number of ether oxygens (including phenoxy) is 2. The zero-order valence-corrected chi connectivity index (χ0v) is 15.5. The van der Waals surface area contributed by atoms with Crippen LogP contribution in [0.3, 0.4) is 0 Å². The first-order valence-corrected chi connectivity index (χ1v) is 9.02. The maximum absolute atomic E-state index is 11.5. The van der Waals surface area contributed by atoms with Crippen molar-refractivity contribution in [3.63, 3.8) is 0 Å². The molecule has 9 heteroatoms. The maximum Gasteiger partial charge on any atom is 0.342 e. The van der Waals surface area contributed by atoms with Crippen LogP contribution >= 0.6 is 23.1 Å². The fourth-order valence-electron chi connectivity index (χ4n) is 2.03. The molecule has 0 saturated carbocycles. The highest BCUT2D eigenvalue weighted by atomic mass is 32.2. The predicted molar refractivity (Wildman–Crippen MR) is 98.6 cm³/mol. The van der Waals surface area contributed by atoms with Gasteiger partial charge in [0.25, 0.3) is 5.22 Å². The summed E-state index contributed by atoms with van der Waals surface area (Å²) < 4.78 is 16.0. The Balaban J connectivity index is 1.86. The number of hydrogen-bond donors (Lipinski definition) is 1. The van der Waals surface area contributed by atoms with Crippen molar-refractivity contribution in [2.45, 2.75) is 5.22 Å². The van der Waals surface area contributed by atoms with Crippen LogP contribution in [0, 0.1) is 0 Å². The smallest absolute Gasteiger partial charge is 0.342 e. The summed E-state index contributed by atoms with van der Waals surface area (Å²) in [5, 5.41) is 19.3. The zero-order chi connectivity index (χ0) is 18.5. The van der Waals surface area contributed by atoms with E-state index in [0.29, 0.717) is 17.1 Å². The number of hydrogen-bond acceptors (Lipinski definition) is 8. The van der Waals surface area contributed by atoms with Crippen LogP contribution in [0.4, 0.5) is 0 Å². The first-order chi connectivity index (χ1) is 12.6. The molecule has 0 bridgehead atoms. The Labute approximate surface area is 157 Å². The van der Waals surface area contributed by atoms with Gasteiger partial charge in [-0.25, -0.2) is 4.79 Å². The highest BCUT2D eigenvalue weighted by Gasteiger charge is 2.17. The summed E-state index contributed by atoms with van der Waals surface area (Å²) in [6.07, 6.45) is 1.57. The molecule has 7 nitrogen and oxygen atoms in total. The molecule has 3 rings (SSSR count). The normalized spacial score (nSPS) is 11.4. The number of methoxy groups -OCH3 is 2. The second kappa shape index (κ2) is 8.07. The van der Waals surface area contributed by atoms with Crippen LogP contribution in [-0.4, -0.2) is 35.5 Å². The first-order valence-electron chi connectivity index (χ1n) is 7.32. The summed E-state index contributed by atoms with van der Waals surface area (Å²) in [6, 6.07) is 8.85. The number of aliphatic carboxylic acids is 1. The van der Waals surface area contributed by atoms with Crippen molar-refractivity contribution in [3.05, 3.63) is 45.5 Å². The Morgan fingerprint density at radius 1 is 1.23 bits per heavy atom. The summed E-state index contributed by atoms with van der Waals surface area (Å²) in [7, 11) is 3.09. The third kappa shape index (κ3) is 4.24. The lowest BCUT2D eigenvalue weighted by Crippen LogP contribution is -1.96. The van der Waals surface area contributed by atoms with Crippen LogP contribution in [-0.2, 0) is 4.79 Å². The maximum atomic E-state index is 11.5. The minimum absolute atomic E-state index is 0.0888. The number of rotatable bonds is 7. The predicted octanol–water partition coefficient (Wildman–Crippen LogP) is 4.03. The Kier molecular flexibility index (Phi) is 5.59. The molecule has 0 aliphatic heterocycles. The third-order valence-corrected chi connectivity index (χ3v) is 4.90. The van der Waals surface area contributed by atoms with Gasteiger partial charge in [0.15, 0.2) is 0 Å². The van der Waals surface area contributed by atoms with Crippen molar-refractivity contribution < 1.29 is 23.8 Å². The highest BCUT2D eigenvalue weighted by molar-refractivity contribution is 8.03. The van der Waals surface area contributed by atoms with Gasteiger partial charge in [0, 0.05) is 16.5 Å². The van der Waals surface area contributed by atoms with Crippen LogP contribution < -0.4 is 9.47 Å². The molecule has 3 aromatic rings. The molecule has 0 spiro atoms. The van der Waals surface area contributed by atoms with Gasteiger partial charge >= 0.3 is 5.97 Å². The Bertz CT molecular complexity index is 912. The molecule has 0 aliphatic rings. The summed E-state index contributed by atoms with van der Waals surface area (Å²) in [5.74, 6) is 0.336. The number of aromatic nitrogens is 2. The molecule has 134 valence electrons. The number of thioether (sulfide) groups is 1. The number of carboxylic acids is 1. The van der Waals surface area contributed by atoms with Crippen LogP contribution in [0.15, 0.2) is 50.3 Å². The third-order valence-electron chi connectivity index (χ3n) is 3.23. The van der Waals surface area contributed by atoms with Gasteiger partial charge in [-0.1, -0.05) is 6.07 Å². The highest BCUT2D eigenvalue weighted by Crippen LogP contribution is 2.33. The minimum atomic E-state index is -1.06. The fraction of sp³-hybridized carbons (Fsp3) is 0.118. The number of benzene rings is 1. The quantitative estimate of drug-likeness (QED) is 0.477. The van der Waals surface area contributed by atoms with Crippen LogP contribution in [0.25, 0.3) is 17.5 Å². The molecule has 2 heterocycles. The molecule has 0 aliphatic carbocycles. The van der Waals surface area contributed by atoms with Gasteiger partial charge < -0.3 is 19.0 Å². The minimum Gasteiger partial charge on any atom is -0.497 e.